The second-order valence-electron chi connectivity index (χ2n) is 4.26. The fraction of sp³-hybridized carbons (Fsp3) is 0.364. The highest BCUT2D eigenvalue weighted by molar-refractivity contribution is 5.97. The third kappa shape index (κ3) is 3.75. The van der Waals surface area contributed by atoms with E-state index in [-0.39, 0.29) is 11.8 Å². The molecule has 1 aromatic rings. The topological polar surface area (TPSA) is 120 Å². The highest BCUT2D eigenvalue weighted by Crippen LogP contribution is 2.26. The number of aliphatic imine (C=N–C) groups is 2. The van der Waals surface area contributed by atoms with Crippen LogP contribution in [0.2, 0.25) is 0 Å². The molecule has 1 aromatic heterocycles. The Morgan fingerprint density at radius 2 is 2.09 bits per heavy atom. The Bertz CT molecular complexity index is 618. The van der Waals surface area contributed by atoms with Gasteiger partial charge < -0.3 is 15.2 Å². The molecule has 1 unspecified atom stereocenters. The van der Waals surface area contributed by atoms with Crippen molar-refractivity contribution in [2.45, 2.75) is 12.0 Å². The van der Waals surface area contributed by atoms with Crippen LogP contribution < -0.4 is 21.5 Å². The molecule has 0 aliphatic carbocycles. The number of aromatic nitrogens is 1. The van der Waals surface area contributed by atoms with Crippen LogP contribution in [0.15, 0.2) is 28.3 Å². The van der Waals surface area contributed by atoms with Gasteiger partial charge in [0.15, 0.2) is 6.61 Å². The van der Waals surface area contributed by atoms with Crippen LogP contribution >= 0.6 is 0 Å². The summed E-state index contributed by atoms with van der Waals surface area (Å²) in [5.41, 5.74) is 11.8. The summed E-state index contributed by atoms with van der Waals surface area (Å²) in [6.45, 7) is -1.54. The van der Waals surface area contributed by atoms with Gasteiger partial charge in [0.05, 0.1) is 7.11 Å². The number of nitrogens with one attached hydrogen (secondary N) is 1. The molecule has 1 aliphatic heterocycles. The summed E-state index contributed by atoms with van der Waals surface area (Å²) in [6.07, 6.45) is -3.13. The van der Waals surface area contributed by atoms with Crippen LogP contribution in [-0.2, 0) is 10.5 Å². The number of ether oxygens (including phenoxy) is 2. The smallest absolute Gasteiger partial charge is 0.422 e. The molecule has 11 heteroatoms. The number of methoxy groups -OCH3 is 1. The molecule has 2 heterocycles. The monoisotopic (exact) mass is 318 g/mol. The molecule has 8 nitrogen and oxygen atoms in total. The Morgan fingerprint density at radius 3 is 2.73 bits per heavy atom. The Hall–Kier alpha value is -2.56. The van der Waals surface area contributed by atoms with Crippen LogP contribution in [0.5, 0.6) is 5.88 Å². The lowest BCUT2D eigenvalue weighted by atomic mass is 10.1. The van der Waals surface area contributed by atoms with Crippen LogP contribution in [0.3, 0.4) is 0 Å². The first-order valence-corrected chi connectivity index (χ1v) is 5.93. The second-order valence-corrected chi connectivity index (χ2v) is 4.26. The Morgan fingerprint density at radius 1 is 1.36 bits per heavy atom. The van der Waals surface area contributed by atoms with E-state index in [2.05, 4.69) is 25.0 Å². The number of nitrogens with zero attached hydrogens (tertiary/aromatic N) is 3. The number of rotatable bonds is 3. The van der Waals surface area contributed by atoms with Gasteiger partial charge in [0.2, 0.25) is 17.6 Å². The molecule has 0 saturated heterocycles. The van der Waals surface area contributed by atoms with Crippen molar-refractivity contribution in [1.29, 1.82) is 0 Å². The van der Waals surface area contributed by atoms with Crippen molar-refractivity contribution in [2.75, 3.05) is 13.7 Å². The largest absolute Gasteiger partial charge is 0.481 e. The maximum absolute atomic E-state index is 12.2. The van der Waals surface area contributed by atoms with E-state index >= 15 is 0 Å². The quantitative estimate of drug-likeness (QED) is 0.722. The van der Waals surface area contributed by atoms with Gasteiger partial charge in [-0.1, -0.05) is 0 Å². The van der Waals surface area contributed by atoms with Gasteiger partial charge in [0.1, 0.15) is 0 Å². The Labute approximate surface area is 123 Å². The van der Waals surface area contributed by atoms with Crippen molar-refractivity contribution in [3.63, 3.8) is 0 Å². The molecule has 0 saturated carbocycles. The normalized spacial score (nSPS) is 21.5. The number of nitrogens with two attached hydrogens (primary N) is 2. The highest BCUT2D eigenvalue weighted by atomic mass is 19.4. The van der Waals surface area contributed by atoms with Gasteiger partial charge in [-0.15, -0.1) is 0 Å². The van der Waals surface area contributed by atoms with E-state index < -0.39 is 24.6 Å². The third-order valence-electron chi connectivity index (χ3n) is 2.54. The van der Waals surface area contributed by atoms with E-state index in [1.165, 1.54) is 25.4 Å². The number of guanidine groups is 1. The van der Waals surface area contributed by atoms with Crippen LogP contribution in [0.1, 0.15) is 5.56 Å². The molecule has 1 aliphatic rings. The molecule has 0 radical (unpaired) electrons. The van der Waals surface area contributed by atoms with E-state index in [0.29, 0.717) is 5.56 Å². The third-order valence-corrected chi connectivity index (χ3v) is 2.54. The van der Waals surface area contributed by atoms with Gasteiger partial charge in [0, 0.05) is 17.8 Å². The van der Waals surface area contributed by atoms with Gasteiger partial charge in [-0.2, -0.15) is 18.2 Å². The molecule has 0 fully saturated rings. The fourth-order valence-corrected chi connectivity index (χ4v) is 1.63. The first-order valence-electron chi connectivity index (χ1n) is 5.93. The van der Waals surface area contributed by atoms with Gasteiger partial charge in [-0.05, 0) is 6.07 Å². The van der Waals surface area contributed by atoms with Crippen molar-refractivity contribution >= 4 is 12.0 Å². The molecule has 0 spiro atoms. The van der Waals surface area contributed by atoms with Gasteiger partial charge in [0.25, 0.3) is 6.02 Å². The summed E-state index contributed by atoms with van der Waals surface area (Å²) < 4.78 is 46.1. The summed E-state index contributed by atoms with van der Waals surface area (Å²) in [6, 6.07) is 2.44. The van der Waals surface area contributed by atoms with Crippen molar-refractivity contribution < 1.29 is 22.6 Å². The molecule has 0 amide bonds. The molecule has 0 aromatic carbocycles. The predicted octanol–water partition coefficient (Wildman–Crippen LogP) is 0.0120. The fourth-order valence-electron chi connectivity index (χ4n) is 1.63. The first kappa shape index (κ1) is 15.8. The molecule has 2 rings (SSSR count). The molecule has 120 valence electrons. The number of amidine groups is 1. The maximum Gasteiger partial charge on any atom is 0.422 e. The molecule has 22 heavy (non-hydrogen) atoms. The van der Waals surface area contributed by atoms with Gasteiger partial charge >= 0.3 is 6.18 Å². The average molecular weight is 318 g/mol. The highest BCUT2D eigenvalue weighted by Gasteiger charge is 2.34. The molecule has 5 N–H and O–H groups in total. The molecule has 0 bridgehead atoms. The predicted molar refractivity (Wildman–Crippen MR) is 70.9 cm³/mol. The summed E-state index contributed by atoms with van der Waals surface area (Å²) in [5.74, 6) is -1.74. The summed E-state index contributed by atoms with van der Waals surface area (Å²) >= 11 is 0. The number of hydrogen-bond donors (Lipinski definition) is 3. The van der Waals surface area contributed by atoms with Crippen molar-refractivity contribution in [3.8, 4) is 5.88 Å². The lowest BCUT2D eigenvalue weighted by Crippen LogP contribution is -2.49. The summed E-state index contributed by atoms with van der Waals surface area (Å²) in [7, 11) is 1.40. The van der Waals surface area contributed by atoms with Gasteiger partial charge in [-0.25, -0.2) is 9.98 Å². The molecule has 1 atom stereocenters. The standard InChI is InChI=1S/C11H13F3N6O2/c1-21-7-4-6(2-3-17-7)11(16)19-8(15)18-9(20-11)22-5-10(12,13)14/h2-4H,5,16H2,1H3,(H3,15,18,19,20). The minimum Gasteiger partial charge on any atom is -0.481 e. The maximum atomic E-state index is 12.2. The lowest BCUT2D eigenvalue weighted by molar-refractivity contribution is -0.156. The van der Waals surface area contributed by atoms with Crippen LogP contribution in [0.25, 0.3) is 0 Å². The minimum absolute atomic E-state index is 0.231. The van der Waals surface area contributed by atoms with Crippen molar-refractivity contribution in [3.05, 3.63) is 23.9 Å². The summed E-state index contributed by atoms with van der Waals surface area (Å²) in [5, 5.41) is 2.27. The summed E-state index contributed by atoms with van der Waals surface area (Å²) in [4.78, 5) is 11.6. The SMILES string of the molecule is COc1cc(C2(N)N=C(N)NC(OCC(F)(F)F)=N2)ccn1. The molecular formula is C11H13F3N6O2. The number of pyridine rings is 1. The zero-order valence-corrected chi connectivity index (χ0v) is 11.4. The minimum atomic E-state index is -4.52. The zero-order valence-electron chi connectivity index (χ0n) is 11.4. The average Bonchev–Trinajstić information content (AvgIpc) is 2.44. The van der Waals surface area contributed by atoms with Crippen molar-refractivity contribution in [1.82, 2.24) is 10.3 Å². The van der Waals surface area contributed by atoms with Crippen LogP contribution in [-0.4, -0.2) is 36.9 Å². The van der Waals surface area contributed by atoms with Crippen LogP contribution in [0.4, 0.5) is 13.2 Å². The van der Waals surface area contributed by atoms with Gasteiger partial charge in [-0.3, -0.25) is 11.1 Å². The molecular weight excluding hydrogens is 305 g/mol. The number of halogens is 3. The van der Waals surface area contributed by atoms with E-state index in [1.807, 2.05) is 0 Å². The van der Waals surface area contributed by atoms with E-state index in [0.717, 1.165) is 0 Å². The Kier molecular flexibility index (Phi) is 4.08. The van der Waals surface area contributed by atoms with E-state index in [1.54, 1.807) is 0 Å². The first-order chi connectivity index (χ1) is 10.2. The second kappa shape index (κ2) is 5.67. The van der Waals surface area contributed by atoms with Crippen molar-refractivity contribution in [2.24, 2.45) is 21.5 Å². The number of alkyl halides is 3. The zero-order chi connectivity index (χ0) is 16.4. The van der Waals surface area contributed by atoms with Crippen LogP contribution in [0, 0.1) is 0 Å². The van der Waals surface area contributed by atoms with E-state index in [4.69, 9.17) is 16.2 Å². The lowest BCUT2D eigenvalue weighted by Gasteiger charge is -2.27. The number of hydrogen-bond acceptors (Lipinski definition) is 8. The Balaban J connectivity index is 2.30. The van der Waals surface area contributed by atoms with E-state index in [9.17, 15) is 13.2 Å².